The van der Waals surface area contributed by atoms with Gasteiger partial charge in [-0.15, -0.1) is 0 Å². The molecule has 2 heterocycles. The molecule has 0 aliphatic rings. The summed E-state index contributed by atoms with van der Waals surface area (Å²) < 4.78 is 0. The highest BCUT2D eigenvalue weighted by Gasteiger charge is 2.04. The van der Waals surface area contributed by atoms with Crippen molar-refractivity contribution in [2.45, 2.75) is 19.3 Å². The van der Waals surface area contributed by atoms with Gasteiger partial charge >= 0.3 is 11.9 Å². The van der Waals surface area contributed by atoms with Gasteiger partial charge in [0, 0.05) is 37.0 Å². The standard InChI is InChI=1S/C11H9N3O.C5H8O4/c15-11(9-4-7-12-8-5-9)14-10-3-1-2-6-13-10;6-4(7)2-1-3-5(8)9/h1-8H,(H,13,14,15);1-3H2,(H,6,7)(H,8,9). The van der Waals surface area contributed by atoms with E-state index in [0.29, 0.717) is 11.4 Å². The lowest BCUT2D eigenvalue weighted by Crippen LogP contribution is -2.12. The van der Waals surface area contributed by atoms with Gasteiger partial charge in [-0.05, 0) is 30.7 Å². The minimum atomic E-state index is -0.948. The van der Waals surface area contributed by atoms with Gasteiger partial charge in [0.1, 0.15) is 5.82 Å². The highest BCUT2D eigenvalue weighted by atomic mass is 16.4. The maximum absolute atomic E-state index is 11.6. The molecule has 0 bridgehead atoms. The molecule has 24 heavy (non-hydrogen) atoms. The van der Waals surface area contributed by atoms with E-state index in [9.17, 15) is 14.4 Å². The van der Waals surface area contributed by atoms with E-state index in [0.717, 1.165) is 0 Å². The van der Waals surface area contributed by atoms with Crippen LogP contribution in [0.5, 0.6) is 0 Å². The topological polar surface area (TPSA) is 129 Å². The van der Waals surface area contributed by atoms with Crippen LogP contribution in [0.15, 0.2) is 48.9 Å². The first-order chi connectivity index (χ1) is 11.5. The van der Waals surface area contributed by atoms with Gasteiger partial charge in [0.05, 0.1) is 0 Å². The lowest BCUT2D eigenvalue weighted by Gasteiger charge is -2.02. The van der Waals surface area contributed by atoms with Crippen molar-refractivity contribution < 1.29 is 24.6 Å². The van der Waals surface area contributed by atoms with Crippen molar-refractivity contribution >= 4 is 23.7 Å². The number of carbonyl (C=O) groups excluding carboxylic acids is 1. The summed E-state index contributed by atoms with van der Waals surface area (Å²) >= 11 is 0. The Morgan fingerprint density at radius 2 is 1.54 bits per heavy atom. The Morgan fingerprint density at radius 3 is 2.04 bits per heavy atom. The molecular weight excluding hydrogens is 314 g/mol. The number of hydrogen-bond acceptors (Lipinski definition) is 5. The first-order valence-electron chi connectivity index (χ1n) is 7.05. The van der Waals surface area contributed by atoms with Gasteiger partial charge in [-0.3, -0.25) is 19.4 Å². The van der Waals surface area contributed by atoms with Crippen LogP contribution < -0.4 is 5.32 Å². The van der Waals surface area contributed by atoms with Crippen LogP contribution in [0.4, 0.5) is 5.82 Å². The quantitative estimate of drug-likeness (QED) is 0.738. The molecule has 1 amide bonds. The van der Waals surface area contributed by atoms with Crippen LogP contribution in [-0.2, 0) is 9.59 Å². The number of aromatic nitrogens is 2. The van der Waals surface area contributed by atoms with E-state index in [1.165, 1.54) is 0 Å². The number of anilines is 1. The SMILES string of the molecule is O=C(Nc1ccccn1)c1ccncc1.O=C(O)CCCC(=O)O. The molecule has 0 spiro atoms. The number of hydrogen-bond donors (Lipinski definition) is 3. The first-order valence-corrected chi connectivity index (χ1v) is 7.05. The molecule has 3 N–H and O–H groups in total. The number of carboxylic acid groups (broad SMARTS) is 2. The summed E-state index contributed by atoms with van der Waals surface area (Å²) in [6.45, 7) is 0. The summed E-state index contributed by atoms with van der Waals surface area (Å²) in [6.07, 6.45) is 4.87. The summed E-state index contributed by atoms with van der Waals surface area (Å²) in [5.74, 6) is -1.54. The Kier molecular flexibility index (Phi) is 8.16. The predicted octanol–water partition coefficient (Wildman–Crippen LogP) is 2.05. The van der Waals surface area contributed by atoms with Crippen molar-refractivity contribution in [1.29, 1.82) is 0 Å². The molecule has 8 heteroatoms. The fourth-order valence-electron chi connectivity index (χ4n) is 1.52. The molecule has 126 valence electrons. The van der Waals surface area contributed by atoms with Crippen LogP contribution >= 0.6 is 0 Å². The monoisotopic (exact) mass is 331 g/mol. The summed E-state index contributed by atoms with van der Waals surface area (Å²) in [7, 11) is 0. The van der Waals surface area contributed by atoms with E-state index in [1.807, 2.05) is 6.07 Å². The minimum Gasteiger partial charge on any atom is -0.481 e. The molecular formula is C16H17N3O5. The summed E-state index contributed by atoms with van der Waals surface area (Å²) in [5.41, 5.74) is 0.565. The summed E-state index contributed by atoms with van der Waals surface area (Å²) in [4.78, 5) is 39.0. The molecule has 0 fully saturated rings. The Morgan fingerprint density at radius 1 is 0.917 bits per heavy atom. The average Bonchev–Trinajstić information content (AvgIpc) is 2.56. The van der Waals surface area contributed by atoms with Crippen LogP contribution in [0.1, 0.15) is 29.6 Å². The van der Waals surface area contributed by atoms with Crippen LogP contribution in [0.25, 0.3) is 0 Å². The van der Waals surface area contributed by atoms with Crippen LogP contribution in [-0.4, -0.2) is 38.0 Å². The maximum Gasteiger partial charge on any atom is 0.303 e. The Hall–Kier alpha value is -3.29. The third-order valence-corrected chi connectivity index (χ3v) is 2.63. The zero-order valence-corrected chi connectivity index (χ0v) is 12.8. The van der Waals surface area contributed by atoms with E-state index in [2.05, 4.69) is 15.3 Å². The number of pyridine rings is 2. The van der Waals surface area contributed by atoms with E-state index >= 15 is 0 Å². The molecule has 0 unspecified atom stereocenters. The molecule has 0 aliphatic carbocycles. The normalized spacial score (nSPS) is 9.33. The van der Waals surface area contributed by atoms with E-state index < -0.39 is 11.9 Å². The fourth-order valence-corrected chi connectivity index (χ4v) is 1.52. The van der Waals surface area contributed by atoms with Crippen LogP contribution in [0.3, 0.4) is 0 Å². The van der Waals surface area contributed by atoms with E-state index in [1.54, 1.807) is 42.9 Å². The van der Waals surface area contributed by atoms with Crippen LogP contribution in [0.2, 0.25) is 0 Å². The predicted molar refractivity (Wildman–Crippen MR) is 85.5 cm³/mol. The maximum atomic E-state index is 11.6. The number of rotatable bonds is 6. The van der Waals surface area contributed by atoms with Gasteiger partial charge in [-0.1, -0.05) is 6.07 Å². The smallest absolute Gasteiger partial charge is 0.303 e. The van der Waals surface area contributed by atoms with Gasteiger partial charge in [0.2, 0.25) is 0 Å². The second kappa shape index (κ2) is 10.4. The molecule has 8 nitrogen and oxygen atoms in total. The Balaban J connectivity index is 0.000000277. The largest absolute Gasteiger partial charge is 0.481 e. The molecule has 0 saturated carbocycles. The van der Waals surface area contributed by atoms with Crippen LogP contribution in [0, 0.1) is 0 Å². The molecule has 0 aromatic carbocycles. The van der Waals surface area contributed by atoms with E-state index in [-0.39, 0.29) is 25.2 Å². The van der Waals surface area contributed by atoms with Gasteiger partial charge in [-0.25, -0.2) is 4.98 Å². The first kappa shape index (κ1) is 18.8. The zero-order chi connectivity index (χ0) is 17.8. The van der Waals surface area contributed by atoms with Gasteiger partial charge in [0.25, 0.3) is 5.91 Å². The lowest BCUT2D eigenvalue weighted by molar-refractivity contribution is -0.138. The number of nitrogens with zero attached hydrogens (tertiary/aromatic N) is 2. The average molecular weight is 331 g/mol. The Labute approximate surface area is 138 Å². The van der Waals surface area contributed by atoms with Crippen molar-refractivity contribution in [2.75, 3.05) is 5.32 Å². The highest BCUT2D eigenvalue weighted by Crippen LogP contribution is 2.04. The summed E-state index contributed by atoms with van der Waals surface area (Å²) in [6, 6.07) is 8.65. The Bertz CT molecular complexity index is 648. The van der Waals surface area contributed by atoms with Gasteiger partial charge < -0.3 is 15.5 Å². The highest BCUT2D eigenvalue weighted by molar-refractivity contribution is 6.03. The molecule has 0 radical (unpaired) electrons. The van der Waals surface area contributed by atoms with Gasteiger partial charge in [-0.2, -0.15) is 0 Å². The molecule has 2 rings (SSSR count). The van der Waals surface area contributed by atoms with Gasteiger partial charge in [0.15, 0.2) is 0 Å². The fraction of sp³-hybridized carbons (Fsp3) is 0.188. The second-order valence-electron chi connectivity index (χ2n) is 4.55. The number of nitrogens with one attached hydrogen (secondary N) is 1. The lowest BCUT2D eigenvalue weighted by atomic mass is 10.2. The third kappa shape index (κ3) is 8.23. The van der Waals surface area contributed by atoms with E-state index in [4.69, 9.17) is 10.2 Å². The van der Waals surface area contributed by atoms with Crippen molar-refractivity contribution in [3.05, 3.63) is 54.5 Å². The molecule has 0 atom stereocenters. The number of amides is 1. The van der Waals surface area contributed by atoms with Crippen molar-refractivity contribution in [3.63, 3.8) is 0 Å². The van der Waals surface area contributed by atoms with Crippen molar-refractivity contribution in [1.82, 2.24) is 9.97 Å². The van der Waals surface area contributed by atoms with Crippen molar-refractivity contribution in [2.24, 2.45) is 0 Å². The van der Waals surface area contributed by atoms with Crippen molar-refractivity contribution in [3.8, 4) is 0 Å². The molecule has 0 saturated heterocycles. The minimum absolute atomic E-state index is 0.0632. The zero-order valence-electron chi connectivity index (χ0n) is 12.8. The summed E-state index contributed by atoms with van der Waals surface area (Å²) in [5, 5.41) is 18.7. The third-order valence-electron chi connectivity index (χ3n) is 2.63. The number of carboxylic acids is 2. The second-order valence-corrected chi connectivity index (χ2v) is 4.55. The number of aliphatic carboxylic acids is 2. The molecule has 0 aliphatic heterocycles. The molecule has 2 aromatic heterocycles. The number of carbonyl (C=O) groups is 3. The molecule has 2 aromatic rings.